The van der Waals surface area contributed by atoms with Crippen LogP contribution in [0, 0.1) is 5.92 Å². The van der Waals surface area contributed by atoms with Crippen molar-refractivity contribution in [1.29, 1.82) is 0 Å². The lowest BCUT2D eigenvalue weighted by Crippen LogP contribution is -2.63. The lowest BCUT2D eigenvalue weighted by atomic mass is 9.96. The summed E-state index contributed by atoms with van der Waals surface area (Å²) in [7, 11) is -2.93. The Bertz CT molecular complexity index is 413. The molecule has 0 aromatic carbocycles. The molecule has 1 unspecified atom stereocenters. The standard InChI is InChI=1S/C14H28N2O2S/c1-11(2)19(17,18)8-7-16-9-13(12-5-6-12)15-10-14(16,3)4/h11-13,15H,5-10H2,1-4H3. The van der Waals surface area contributed by atoms with Crippen molar-refractivity contribution < 1.29 is 8.42 Å². The second kappa shape index (κ2) is 5.34. The topological polar surface area (TPSA) is 49.4 Å². The van der Waals surface area contributed by atoms with E-state index in [1.807, 2.05) is 0 Å². The summed E-state index contributed by atoms with van der Waals surface area (Å²) < 4.78 is 23.9. The van der Waals surface area contributed by atoms with Gasteiger partial charge >= 0.3 is 0 Å². The van der Waals surface area contributed by atoms with E-state index in [0.717, 1.165) is 19.0 Å². The van der Waals surface area contributed by atoms with Crippen LogP contribution in [0.5, 0.6) is 0 Å². The first-order chi connectivity index (χ1) is 8.72. The first-order valence-corrected chi connectivity index (χ1v) is 9.14. The van der Waals surface area contributed by atoms with Crippen LogP contribution in [0.2, 0.25) is 0 Å². The third-order valence-electron chi connectivity index (χ3n) is 4.63. The van der Waals surface area contributed by atoms with Crippen molar-refractivity contribution in [3.8, 4) is 0 Å². The molecule has 19 heavy (non-hydrogen) atoms. The molecular formula is C14H28N2O2S. The molecule has 0 aromatic heterocycles. The van der Waals surface area contributed by atoms with Crippen molar-refractivity contribution in [2.24, 2.45) is 5.92 Å². The van der Waals surface area contributed by atoms with Gasteiger partial charge in [-0.05, 0) is 46.5 Å². The zero-order valence-electron chi connectivity index (χ0n) is 12.6. The van der Waals surface area contributed by atoms with Gasteiger partial charge in [0.25, 0.3) is 0 Å². The number of rotatable bonds is 5. The second-order valence-electron chi connectivity index (χ2n) is 7.00. The van der Waals surface area contributed by atoms with Crippen LogP contribution in [0.15, 0.2) is 0 Å². The first-order valence-electron chi connectivity index (χ1n) is 7.42. The molecule has 1 N–H and O–H groups in total. The summed E-state index contributed by atoms with van der Waals surface area (Å²) in [6.45, 7) is 10.5. The molecule has 2 fully saturated rings. The summed E-state index contributed by atoms with van der Waals surface area (Å²) >= 11 is 0. The zero-order valence-corrected chi connectivity index (χ0v) is 13.5. The van der Waals surface area contributed by atoms with Gasteiger partial charge in [-0.15, -0.1) is 0 Å². The number of hydrogen-bond donors (Lipinski definition) is 1. The number of nitrogens with zero attached hydrogens (tertiary/aromatic N) is 1. The van der Waals surface area contributed by atoms with Gasteiger partial charge in [0, 0.05) is 31.2 Å². The predicted octanol–water partition coefficient (Wildman–Crippen LogP) is 1.27. The van der Waals surface area contributed by atoms with Crippen LogP contribution in [0.25, 0.3) is 0 Å². The quantitative estimate of drug-likeness (QED) is 0.828. The van der Waals surface area contributed by atoms with Crippen LogP contribution in [0.4, 0.5) is 0 Å². The molecule has 1 aliphatic carbocycles. The summed E-state index contributed by atoms with van der Waals surface area (Å²) in [6, 6.07) is 0.565. The smallest absolute Gasteiger partial charge is 0.153 e. The van der Waals surface area contributed by atoms with E-state index >= 15 is 0 Å². The summed E-state index contributed by atoms with van der Waals surface area (Å²) in [5.41, 5.74) is 0.0535. The van der Waals surface area contributed by atoms with Crippen molar-refractivity contribution in [2.75, 3.05) is 25.4 Å². The van der Waals surface area contributed by atoms with Crippen molar-refractivity contribution in [1.82, 2.24) is 10.2 Å². The van der Waals surface area contributed by atoms with Crippen molar-refractivity contribution in [3.05, 3.63) is 0 Å². The molecule has 5 heteroatoms. The highest BCUT2D eigenvalue weighted by Gasteiger charge is 2.40. The van der Waals surface area contributed by atoms with Gasteiger partial charge in [0.05, 0.1) is 11.0 Å². The van der Waals surface area contributed by atoms with E-state index in [-0.39, 0.29) is 16.5 Å². The zero-order chi connectivity index (χ0) is 14.3. The lowest BCUT2D eigenvalue weighted by Gasteiger charge is -2.46. The van der Waals surface area contributed by atoms with Crippen molar-refractivity contribution in [3.63, 3.8) is 0 Å². The molecule has 1 saturated heterocycles. The Morgan fingerprint density at radius 2 is 1.95 bits per heavy atom. The highest BCUT2D eigenvalue weighted by Crippen LogP contribution is 2.35. The minimum atomic E-state index is -2.93. The summed E-state index contributed by atoms with van der Waals surface area (Å²) in [6.07, 6.45) is 2.66. The molecule has 1 saturated carbocycles. The molecule has 0 amide bonds. The predicted molar refractivity (Wildman–Crippen MR) is 79.1 cm³/mol. The number of sulfone groups is 1. The fourth-order valence-electron chi connectivity index (χ4n) is 2.72. The maximum absolute atomic E-state index is 12.0. The van der Waals surface area contributed by atoms with Crippen molar-refractivity contribution >= 4 is 9.84 Å². The van der Waals surface area contributed by atoms with E-state index in [2.05, 4.69) is 24.1 Å². The van der Waals surface area contributed by atoms with Crippen LogP contribution in [0.3, 0.4) is 0 Å². The normalized spacial score (nSPS) is 28.8. The summed E-state index contributed by atoms with van der Waals surface area (Å²) in [4.78, 5) is 2.37. The SMILES string of the molecule is CC(C)S(=O)(=O)CCN1CC(C2CC2)NCC1(C)C. The van der Waals surface area contributed by atoms with Gasteiger partial charge in [0.2, 0.25) is 0 Å². The Morgan fingerprint density at radius 3 is 2.47 bits per heavy atom. The van der Waals surface area contributed by atoms with Gasteiger partial charge in [-0.1, -0.05) is 0 Å². The van der Waals surface area contributed by atoms with Crippen molar-refractivity contribution in [2.45, 2.75) is 57.4 Å². The average Bonchev–Trinajstić information content (AvgIpc) is 3.11. The molecule has 112 valence electrons. The number of piperazine rings is 1. The van der Waals surface area contributed by atoms with Gasteiger partial charge in [0.1, 0.15) is 0 Å². The minimum absolute atomic E-state index is 0.0535. The molecule has 0 bridgehead atoms. The Labute approximate surface area is 117 Å². The van der Waals surface area contributed by atoms with Crippen LogP contribution in [-0.2, 0) is 9.84 Å². The number of hydrogen-bond acceptors (Lipinski definition) is 4. The highest BCUT2D eigenvalue weighted by atomic mass is 32.2. The molecular weight excluding hydrogens is 260 g/mol. The molecule has 1 atom stereocenters. The molecule has 1 heterocycles. The Hall–Kier alpha value is -0.130. The molecule has 2 aliphatic rings. The van der Waals surface area contributed by atoms with Gasteiger partial charge in [-0.3, -0.25) is 4.90 Å². The van der Waals surface area contributed by atoms with Gasteiger partial charge < -0.3 is 5.32 Å². The van der Waals surface area contributed by atoms with E-state index in [9.17, 15) is 8.42 Å². The maximum atomic E-state index is 12.0. The summed E-state index contributed by atoms with van der Waals surface area (Å²) in [5.74, 6) is 1.10. The van der Waals surface area contributed by atoms with E-state index in [1.165, 1.54) is 12.8 Å². The Morgan fingerprint density at radius 1 is 1.32 bits per heavy atom. The molecule has 0 spiro atoms. The summed E-state index contributed by atoms with van der Waals surface area (Å²) in [5, 5.41) is 3.36. The highest BCUT2D eigenvalue weighted by molar-refractivity contribution is 7.92. The van der Waals surface area contributed by atoms with Crippen LogP contribution < -0.4 is 5.32 Å². The fraction of sp³-hybridized carbons (Fsp3) is 1.00. The molecule has 2 rings (SSSR count). The van der Waals surface area contributed by atoms with Gasteiger partial charge in [0.15, 0.2) is 9.84 Å². The largest absolute Gasteiger partial charge is 0.311 e. The second-order valence-corrected chi connectivity index (χ2v) is 9.68. The third-order valence-corrected chi connectivity index (χ3v) is 6.81. The van der Waals surface area contributed by atoms with E-state index in [4.69, 9.17) is 0 Å². The van der Waals surface area contributed by atoms with E-state index < -0.39 is 9.84 Å². The lowest BCUT2D eigenvalue weighted by molar-refractivity contribution is 0.0670. The van der Waals surface area contributed by atoms with Gasteiger partial charge in [-0.2, -0.15) is 0 Å². The molecule has 0 radical (unpaired) electrons. The Kier molecular flexibility index (Phi) is 4.29. The van der Waals surface area contributed by atoms with Crippen LogP contribution >= 0.6 is 0 Å². The monoisotopic (exact) mass is 288 g/mol. The van der Waals surface area contributed by atoms with Crippen LogP contribution in [-0.4, -0.2) is 55.5 Å². The number of nitrogens with one attached hydrogen (secondary N) is 1. The molecule has 0 aromatic rings. The minimum Gasteiger partial charge on any atom is -0.311 e. The van der Waals surface area contributed by atoms with E-state index in [0.29, 0.717) is 12.6 Å². The molecule has 1 aliphatic heterocycles. The Balaban J connectivity index is 1.95. The van der Waals surface area contributed by atoms with E-state index in [1.54, 1.807) is 13.8 Å². The van der Waals surface area contributed by atoms with Crippen LogP contribution in [0.1, 0.15) is 40.5 Å². The molecule has 4 nitrogen and oxygen atoms in total. The maximum Gasteiger partial charge on any atom is 0.153 e. The average molecular weight is 288 g/mol. The third kappa shape index (κ3) is 3.70. The first kappa shape index (κ1) is 15.3. The fourth-order valence-corrected chi connectivity index (χ4v) is 3.67. The van der Waals surface area contributed by atoms with Gasteiger partial charge in [-0.25, -0.2) is 8.42 Å².